The number of anilines is 1. The van der Waals surface area contributed by atoms with Crippen molar-refractivity contribution >= 4 is 40.8 Å². The van der Waals surface area contributed by atoms with Gasteiger partial charge in [0, 0.05) is 11.1 Å². The summed E-state index contributed by atoms with van der Waals surface area (Å²) < 4.78 is 0. The molecule has 100 valence electrons. The van der Waals surface area contributed by atoms with Gasteiger partial charge in [-0.25, -0.2) is 9.69 Å². The standard InChI is InChI=1S/C13H12Cl2N2O2/c14-7-4-5-9(15)11(6-7)17-12(18)8-2-1-3-10(8)16-13(17)19/h4-6,8,10H,1-3H2,(H,16,19). The van der Waals surface area contributed by atoms with Crippen molar-refractivity contribution in [2.24, 2.45) is 5.92 Å². The van der Waals surface area contributed by atoms with Crippen LogP contribution in [0.4, 0.5) is 10.5 Å². The van der Waals surface area contributed by atoms with E-state index >= 15 is 0 Å². The fourth-order valence-electron chi connectivity index (χ4n) is 2.80. The number of rotatable bonds is 1. The zero-order valence-electron chi connectivity index (χ0n) is 10.0. The summed E-state index contributed by atoms with van der Waals surface area (Å²) in [5, 5.41) is 3.64. The minimum absolute atomic E-state index is 0.0331. The van der Waals surface area contributed by atoms with Gasteiger partial charge in [-0.2, -0.15) is 0 Å². The molecule has 2 atom stereocenters. The Bertz CT molecular complexity index is 562. The summed E-state index contributed by atoms with van der Waals surface area (Å²) >= 11 is 12.0. The number of urea groups is 1. The smallest absolute Gasteiger partial charge is 0.329 e. The molecule has 1 aromatic rings. The van der Waals surface area contributed by atoms with Crippen LogP contribution >= 0.6 is 23.2 Å². The Balaban J connectivity index is 2.01. The van der Waals surface area contributed by atoms with E-state index in [2.05, 4.69) is 5.32 Å². The lowest BCUT2D eigenvalue weighted by Gasteiger charge is -2.34. The molecule has 0 bridgehead atoms. The van der Waals surface area contributed by atoms with E-state index in [-0.39, 0.29) is 17.9 Å². The lowest BCUT2D eigenvalue weighted by atomic mass is 9.99. The van der Waals surface area contributed by atoms with Gasteiger partial charge in [0.1, 0.15) is 0 Å². The average Bonchev–Trinajstić information content (AvgIpc) is 2.82. The van der Waals surface area contributed by atoms with Gasteiger partial charge in [0.2, 0.25) is 5.91 Å². The highest BCUT2D eigenvalue weighted by molar-refractivity contribution is 6.37. The summed E-state index contributed by atoms with van der Waals surface area (Å²) in [5.74, 6) is -0.330. The highest BCUT2D eigenvalue weighted by Crippen LogP contribution is 2.36. The molecular weight excluding hydrogens is 287 g/mol. The third-order valence-corrected chi connectivity index (χ3v) is 4.27. The summed E-state index contributed by atoms with van der Waals surface area (Å²) in [6.45, 7) is 0. The predicted molar refractivity (Wildman–Crippen MR) is 73.6 cm³/mol. The van der Waals surface area contributed by atoms with Crippen LogP contribution in [0.15, 0.2) is 18.2 Å². The van der Waals surface area contributed by atoms with Crippen LogP contribution in [0.25, 0.3) is 0 Å². The molecule has 1 N–H and O–H groups in total. The van der Waals surface area contributed by atoms with E-state index in [9.17, 15) is 9.59 Å². The lowest BCUT2D eigenvalue weighted by molar-refractivity contribution is -0.122. The topological polar surface area (TPSA) is 49.4 Å². The largest absolute Gasteiger partial charge is 0.334 e. The Labute approximate surface area is 120 Å². The van der Waals surface area contributed by atoms with Gasteiger partial charge >= 0.3 is 6.03 Å². The van der Waals surface area contributed by atoms with E-state index in [0.717, 1.165) is 24.2 Å². The minimum atomic E-state index is -0.419. The van der Waals surface area contributed by atoms with E-state index in [1.807, 2.05) is 0 Å². The molecule has 3 amide bonds. The molecule has 1 heterocycles. The molecule has 4 nitrogen and oxygen atoms in total. The maximum atomic E-state index is 12.4. The quantitative estimate of drug-likeness (QED) is 0.865. The number of nitrogens with one attached hydrogen (secondary N) is 1. The van der Waals surface area contributed by atoms with Gasteiger partial charge in [-0.3, -0.25) is 4.79 Å². The molecule has 1 aliphatic carbocycles. The minimum Gasteiger partial charge on any atom is -0.334 e. The van der Waals surface area contributed by atoms with E-state index in [0.29, 0.717) is 15.7 Å². The maximum absolute atomic E-state index is 12.4. The van der Waals surface area contributed by atoms with E-state index in [1.54, 1.807) is 12.1 Å². The van der Waals surface area contributed by atoms with Crippen LogP contribution in [-0.2, 0) is 4.79 Å². The molecule has 6 heteroatoms. The Morgan fingerprint density at radius 3 is 2.79 bits per heavy atom. The van der Waals surface area contributed by atoms with Crippen LogP contribution in [0.5, 0.6) is 0 Å². The van der Waals surface area contributed by atoms with Crippen LogP contribution in [0.1, 0.15) is 19.3 Å². The van der Waals surface area contributed by atoms with Crippen molar-refractivity contribution in [1.29, 1.82) is 0 Å². The lowest BCUT2D eigenvalue weighted by Crippen LogP contribution is -2.58. The molecule has 0 aromatic heterocycles. The molecule has 0 spiro atoms. The molecular formula is C13H12Cl2N2O2. The highest BCUT2D eigenvalue weighted by atomic mass is 35.5. The second-order valence-corrected chi connectivity index (χ2v) is 5.71. The SMILES string of the molecule is O=C1NC2CCCC2C(=O)N1c1cc(Cl)ccc1Cl. The monoisotopic (exact) mass is 298 g/mol. The first kappa shape index (κ1) is 12.8. The molecule has 2 fully saturated rings. The maximum Gasteiger partial charge on any atom is 0.329 e. The molecule has 1 aliphatic heterocycles. The van der Waals surface area contributed by atoms with Crippen molar-refractivity contribution in [2.75, 3.05) is 4.90 Å². The van der Waals surface area contributed by atoms with Crippen molar-refractivity contribution in [3.8, 4) is 0 Å². The molecule has 3 rings (SSSR count). The first-order valence-electron chi connectivity index (χ1n) is 6.17. The number of imide groups is 1. The van der Waals surface area contributed by atoms with Gasteiger partial charge in [0.05, 0.1) is 16.6 Å². The number of hydrogen-bond acceptors (Lipinski definition) is 2. The summed E-state index contributed by atoms with van der Waals surface area (Å²) in [4.78, 5) is 25.7. The Hall–Kier alpha value is -1.26. The second kappa shape index (κ2) is 4.69. The van der Waals surface area contributed by atoms with Gasteiger partial charge in [-0.05, 0) is 31.0 Å². The van der Waals surface area contributed by atoms with E-state index in [4.69, 9.17) is 23.2 Å². The van der Waals surface area contributed by atoms with Crippen molar-refractivity contribution in [3.05, 3.63) is 28.2 Å². The van der Waals surface area contributed by atoms with Gasteiger partial charge in [-0.1, -0.05) is 29.6 Å². The second-order valence-electron chi connectivity index (χ2n) is 4.86. The zero-order chi connectivity index (χ0) is 13.6. The Kier molecular flexibility index (Phi) is 3.15. The normalized spacial score (nSPS) is 26.3. The number of carbonyl (C=O) groups is 2. The van der Waals surface area contributed by atoms with E-state index in [1.165, 1.54) is 6.07 Å². The Morgan fingerprint density at radius 2 is 2.00 bits per heavy atom. The summed E-state index contributed by atoms with van der Waals surface area (Å²) in [6.07, 6.45) is 2.62. The van der Waals surface area contributed by atoms with Crippen molar-refractivity contribution in [3.63, 3.8) is 0 Å². The fraction of sp³-hybridized carbons (Fsp3) is 0.385. The van der Waals surface area contributed by atoms with Crippen LogP contribution in [0.2, 0.25) is 10.0 Å². The molecule has 2 aliphatic rings. The summed E-state index contributed by atoms with van der Waals surface area (Å²) in [5.41, 5.74) is 0.349. The number of fused-ring (bicyclic) bond motifs is 1. The van der Waals surface area contributed by atoms with Gasteiger partial charge in [0.15, 0.2) is 0 Å². The molecule has 2 unspecified atom stereocenters. The Morgan fingerprint density at radius 1 is 1.21 bits per heavy atom. The number of amides is 3. The first-order valence-corrected chi connectivity index (χ1v) is 6.93. The average molecular weight is 299 g/mol. The van der Waals surface area contributed by atoms with Crippen molar-refractivity contribution in [1.82, 2.24) is 5.32 Å². The van der Waals surface area contributed by atoms with Gasteiger partial charge in [-0.15, -0.1) is 0 Å². The third-order valence-electron chi connectivity index (χ3n) is 3.71. The van der Waals surface area contributed by atoms with Crippen LogP contribution in [-0.4, -0.2) is 18.0 Å². The third kappa shape index (κ3) is 2.09. The van der Waals surface area contributed by atoms with Crippen molar-refractivity contribution < 1.29 is 9.59 Å². The molecule has 1 saturated heterocycles. The van der Waals surface area contributed by atoms with Crippen LogP contribution < -0.4 is 10.2 Å². The first-order chi connectivity index (χ1) is 9.08. The number of carbonyl (C=O) groups excluding carboxylic acids is 2. The van der Waals surface area contributed by atoms with Gasteiger partial charge < -0.3 is 5.32 Å². The number of hydrogen-bond donors (Lipinski definition) is 1. The molecule has 1 aromatic carbocycles. The van der Waals surface area contributed by atoms with Gasteiger partial charge in [0.25, 0.3) is 0 Å². The summed E-state index contributed by atoms with van der Waals surface area (Å²) in [7, 11) is 0. The summed E-state index contributed by atoms with van der Waals surface area (Å²) in [6, 6.07) is 4.29. The number of benzene rings is 1. The fourth-order valence-corrected chi connectivity index (χ4v) is 3.17. The molecule has 0 radical (unpaired) electrons. The molecule has 1 saturated carbocycles. The van der Waals surface area contributed by atoms with E-state index < -0.39 is 6.03 Å². The molecule has 19 heavy (non-hydrogen) atoms. The zero-order valence-corrected chi connectivity index (χ0v) is 11.5. The number of nitrogens with zero attached hydrogens (tertiary/aromatic N) is 1. The van der Waals surface area contributed by atoms with Crippen LogP contribution in [0.3, 0.4) is 0 Å². The highest BCUT2D eigenvalue weighted by Gasteiger charge is 2.44. The predicted octanol–water partition coefficient (Wildman–Crippen LogP) is 3.22. The van der Waals surface area contributed by atoms with Crippen LogP contribution in [0, 0.1) is 5.92 Å². The van der Waals surface area contributed by atoms with Crippen molar-refractivity contribution in [2.45, 2.75) is 25.3 Å². The number of halogens is 2.